The molecular formula is C25H31FN4O2. The number of aromatic nitrogens is 2. The lowest BCUT2D eigenvalue weighted by Gasteiger charge is -2.36. The third kappa shape index (κ3) is 4.93. The molecule has 3 aromatic rings. The first-order chi connectivity index (χ1) is 15.6. The number of carbonyl (C=O) groups is 1. The third-order valence-electron chi connectivity index (χ3n) is 6.09. The van der Waals surface area contributed by atoms with Crippen molar-refractivity contribution in [2.45, 2.75) is 45.2 Å². The number of benzene rings is 2. The smallest absolute Gasteiger partial charge is 0.215 e. The maximum Gasteiger partial charge on any atom is 0.215 e. The first-order valence-corrected chi connectivity index (χ1v) is 11.4. The number of halogens is 1. The molecule has 2 heterocycles. The second kappa shape index (κ2) is 10.1. The summed E-state index contributed by atoms with van der Waals surface area (Å²) in [5.74, 6) is 1.20. The topological polar surface area (TPSA) is 50.6 Å². The van der Waals surface area contributed by atoms with E-state index in [9.17, 15) is 9.18 Å². The van der Waals surface area contributed by atoms with Crippen LogP contribution in [0.3, 0.4) is 0 Å². The van der Waals surface area contributed by atoms with Gasteiger partial charge in [0.1, 0.15) is 11.6 Å². The van der Waals surface area contributed by atoms with Gasteiger partial charge in [0, 0.05) is 37.1 Å². The molecule has 1 aromatic heterocycles. The Kier molecular flexibility index (Phi) is 7.05. The fraction of sp³-hybridized carbons (Fsp3) is 0.440. The highest BCUT2D eigenvalue weighted by Gasteiger charge is 2.28. The van der Waals surface area contributed by atoms with Crippen molar-refractivity contribution in [2.75, 3.05) is 31.1 Å². The summed E-state index contributed by atoms with van der Waals surface area (Å²) in [5.41, 5.74) is 1.06. The molecule has 0 atom stereocenters. The monoisotopic (exact) mass is 438 g/mol. The normalized spacial score (nSPS) is 15.4. The zero-order valence-electron chi connectivity index (χ0n) is 18.8. The predicted octanol–water partition coefficient (Wildman–Crippen LogP) is 4.65. The van der Waals surface area contributed by atoms with Crippen molar-refractivity contribution in [1.29, 1.82) is 0 Å². The number of amides is 1. The third-order valence-corrected chi connectivity index (χ3v) is 6.09. The number of anilines is 1. The fourth-order valence-corrected chi connectivity index (χ4v) is 4.40. The molecule has 1 saturated heterocycles. The lowest BCUT2D eigenvalue weighted by atomic mass is 10.0. The summed E-state index contributed by atoms with van der Waals surface area (Å²) in [5, 5.41) is 5.83. The number of ether oxygens (including phenoxy) is 1. The van der Waals surface area contributed by atoms with Crippen molar-refractivity contribution in [3.63, 3.8) is 0 Å². The number of hydrogen-bond donors (Lipinski definition) is 0. The van der Waals surface area contributed by atoms with Crippen molar-refractivity contribution in [1.82, 2.24) is 14.7 Å². The summed E-state index contributed by atoms with van der Waals surface area (Å²) < 4.78 is 20.6. The van der Waals surface area contributed by atoms with Crippen molar-refractivity contribution in [2.24, 2.45) is 0 Å². The van der Waals surface area contributed by atoms with Crippen LogP contribution in [-0.4, -0.2) is 53.4 Å². The molecule has 0 radical (unpaired) electrons. The molecule has 1 fully saturated rings. The number of likely N-dealkylation sites (tertiary alicyclic amines) is 1. The zero-order valence-corrected chi connectivity index (χ0v) is 18.8. The highest BCUT2D eigenvalue weighted by molar-refractivity contribution is 5.95. The largest absolute Gasteiger partial charge is 0.494 e. The Morgan fingerprint density at radius 1 is 1.16 bits per heavy atom. The van der Waals surface area contributed by atoms with E-state index in [0.29, 0.717) is 12.4 Å². The maximum absolute atomic E-state index is 13.0. The van der Waals surface area contributed by atoms with E-state index >= 15 is 0 Å². The number of fused-ring (bicyclic) bond motifs is 1. The lowest BCUT2D eigenvalue weighted by molar-refractivity contribution is -0.108. The molecule has 0 saturated carbocycles. The first-order valence-electron chi connectivity index (χ1n) is 11.4. The van der Waals surface area contributed by atoms with Gasteiger partial charge in [-0.3, -0.25) is 14.4 Å². The molecule has 0 bridgehead atoms. The van der Waals surface area contributed by atoms with Crippen LogP contribution in [0.5, 0.6) is 5.75 Å². The van der Waals surface area contributed by atoms with Gasteiger partial charge in [0.15, 0.2) is 5.82 Å². The molecule has 0 aliphatic carbocycles. The van der Waals surface area contributed by atoms with Crippen LogP contribution in [0.1, 0.15) is 39.2 Å². The molecule has 32 heavy (non-hydrogen) atoms. The number of carbonyl (C=O) groups excluding carboxylic acids is 1. The molecule has 6 nitrogen and oxygen atoms in total. The van der Waals surface area contributed by atoms with Crippen LogP contribution >= 0.6 is 0 Å². The Bertz CT molecular complexity index is 1030. The van der Waals surface area contributed by atoms with E-state index in [4.69, 9.17) is 9.84 Å². The Hall–Kier alpha value is -2.93. The molecule has 1 aliphatic heterocycles. The standard InChI is InChI=1S/C25H31FN4O2/c1-19(2)30-24-7-4-3-6-23(24)25(27-30)29(18-31)21-12-15-28(16-13-21)14-5-17-32-22-10-8-20(26)9-11-22/h3-4,6-11,18-19,21H,5,12-17H2,1-2H3. The summed E-state index contributed by atoms with van der Waals surface area (Å²) >= 11 is 0. The van der Waals surface area contributed by atoms with Gasteiger partial charge in [-0.1, -0.05) is 12.1 Å². The van der Waals surface area contributed by atoms with E-state index < -0.39 is 0 Å². The minimum atomic E-state index is -0.256. The Morgan fingerprint density at radius 3 is 2.56 bits per heavy atom. The Morgan fingerprint density at radius 2 is 1.88 bits per heavy atom. The molecule has 7 heteroatoms. The summed E-state index contributed by atoms with van der Waals surface area (Å²) in [6, 6.07) is 14.6. The predicted molar refractivity (Wildman–Crippen MR) is 125 cm³/mol. The van der Waals surface area contributed by atoms with E-state index in [1.165, 1.54) is 12.1 Å². The number of para-hydroxylation sites is 1. The van der Waals surface area contributed by atoms with Crippen molar-refractivity contribution < 1.29 is 13.9 Å². The number of piperidine rings is 1. The van der Waals surface area contributed by atoms with Crippen molar-refractivity contribution >= 4 is 23.1 Å². The van der Waals surface area contributed by atoms with Crippen LogP contribution in [0, 0.1) is 5.82 Å². The first kappa shape index (κ1) is 22.3. The molecule has 4 rings (SSSR count). The second-order valence-electron chi connectivity index (χ2n) is 8.62. The summed E-state index contributed by atoms with van der Waals surface area (Å²) in [4.78, 5) is 16.3. The van der Waals surface area contributed by atoms with Gasteiger partial charge in [0.05, 0.1) is 12.1 Å². The molecule has 0 N–H and O–H groups in total. The van der Waals surface area contributed by atoms with Crippen LogP contribution in [0.4, 0.5) is 10.2 Å². The zero-order chi connectivity index (χ0) is 22.5. The van der Waals surface area contributed by atoms with Gasteiger partial charge in [0.2, 0.25) is 6.41 Å². The van der Waals surface area contributed by atoms with Gasteiger partial charge in [-0.2, -0.15) is 5.10 Å². The quantitative estimate of drug-likeness (QED) is 0.360. The van der Waals surface area contributed by atoms with E-state index in [-0.39, 0.29) is 17.9 Å². The van der Waals surface area contributed by atoms with Crippen molar-refractivity contribution in [3.8, 4) is 5.75 Å². The van der Waals surface area contributed by atoms with Crippen LogP contribution in [0.2, 0.25) is 0 Å². The van der Waals surface area contributed by atoms with Crippen LogP contribution in [0.15, 0.2) is 48.5 Å². The van der Waals surface area contributed by atoms with Crippen molar-refractivity contribution in [3.05, 3.63) is 54.3 Å². The average Bonchev–Trinajstić information content (AvgIpc) is 3.19. The Balaban J connectivity index is 1.32. The summed E-state index contributed by atoms with van der Waals surface area (Å²) in [7, 11) is 0. The number of nitrogens with zero attached hydrogens (tertiary/aromatic N) is 4. The van der Waals surface area contributed by atoms with Gasteiger partial charge < -0.3 is 9.64 Å². The van der Waals surface area contributed by atoms with E-state index in [0.717, 1.165) is 62.0 Å². The molecule has 170 valence electrons. The SMILES string of the molecule is CC(C)n1nc(N(C=O)C2CCN(CCCOc3ccc(F)cc3)CC2)c2ccccc21. The van der Waals surface area contributed by atoms with Gasteiger partial charge in [0.25, 0.3) is 0 Å². The maximum atomic E-state index is 13.0. The number of hydrogen-bond acceptors (Lipinski definition) is 4. The minimum absolute atomic E-state index is 0.151. The lowest BCUT2D eigenvalue weighted by Crippen LogP contribution is -2.45. The van der Waals surface area contributed by atoms with Gasteiger partial charge in [-0.15, -0.1) is 0 Å². The molecule has 1 aliphatic rings. The van der Waals surface area contributed by atoms with Crippen LogP contribution in [0.25, 0.3) is 10.9 Å². The van der Waals surface area contributed by atoms with Crippen LogP contribution in [-0.2, 0) is 4.79 Å². The molecule has 2 aromatic carbocycles. The van der Waals surface area contributed by atoms with E-state index in [2.05, 4.69) is 24.8 Å². The van der Waals surface area contributed by atoms with Gasteiger partial charge in [-0.25, -0.2) is 4.39 Å². The van der Waals surface area contributed by atoms with Gasteiger partial charge in [-0.05, 0) is 69.5 Å². The molecule has 1 amide bonds. The van der Waals surface area contributed by atoms with E-state index in [1.54, 1.807) is 12.1 Å². The second-order valence-corrected chi connectivity index (χ2v) is 8.62. The molecular weight excluding hydrogens is 407 g/mol. The summed E-state index contributed by atoms with van der Waals surface area (Å²) in [6.07, 6.45) is 3.68. The number of rotatable bonds is 9. The van der Waals surface area contributed by atoms with Crippen LogP contribution < -0.4 is 9.64 Å². The average molecular weight is 439 g/mol. The highest BCUT2D eigenvalue weighted by atomic mass is 19.1. The van der Waals surface area contributed by atoms with E-state index in [1.807, 2.05) is 27.8 Å². The minimum Gasteiger partial charge on any atom is -0.494 e. The molecule has 0 spiro atoms. The fourth-order valence-electron chi connectivity index (χ4n) is 4.40. The molecule has 0 unspecified atom stereocenters. The summed E-state index contributed by atoms with van der Waals surface area (Å²) in [6.45, 7) is 7.63. The van der Waals surface area contributed by atoms with Gasteiger partial charge >= 0.3 is 0 Å². The highest BCUT2D eigenvalue weighted by Crippen LogP contribution is 2.31. The Labute approximate surface area is 188 Å².